The minimum absolute atomic E-state index is 0.270. The average Bonchev–Trinajstić information content (AvgIpc) is 2.46. The van der Waals surface area contributed by atoms with E-state index in [2.05, 4.69) is 15.9 Å². The molecule has 0 bridgehead atoms. The van der Waals surface area contributed by atoms with Crippen LogP contribution in [0.2, 0.25) is 0 Å². The Balaban J connectivity index is 2.42. The fourth-order valence-corrected chi connectivity index (χ4v) is 2.45. The summed E-state index contributed by atoms with van der Waals surface area (Å²) < 4.78 is 37.1. The summed E-state index contributed by atoms with van der Waals surface area (Å²) >= 11 is 3.28. The van der Waals surface area contributed by atoms with Gasteiger partial charge in [0.2, 0.25) is 0 Å². The fourth-order valence-electron chi connectivity index (χ4n) is 1.98. The van der Waals surface area contributed by atoms with Gasteiger partial charge in [-0.05, 0) is 24.6 Å². The van der Waals surface area contributed by atoms with E-state index < -0.39 is 16.1 Å². The van der Waals surface area contributed by atoms with Crippen LogP contribution in [0.5, 0.6) is 0 Å². The molecule has 5 heteroatoms. The largest absolute Gasteiger partial charge is 0.416 e. The third-order valence-electron chi connectivity index (χ3n) is 3.19. The number of Topliss-reactive ketones (excluding diaryl/α,β-unsaturated/α-hetero) is 1. The fraction of sp³-hybridized carbons (Fsp3) is 0.188. The molecule has 0 amide bonds. The SMILES string of the molecule is CC(Br)(C(=O)c1ccccc1)c1cccc(C(F)(F)F)c1. The molecule has 0 radical (unpaired) electrons. The van der Waals surface area contributed by atoms with E-state index in [-0.39, 0.29) is 11.3 Å². The Morgan fingerprint density at radius 2 is 1.52 bits per heavy atom. The smallest absolute Gasteiger partial charge is 0.292 e. The molecule has 2 rings (SSSR count). The summed E-state index contributed by atoms with van der Waals surface area (Å²) in [7, 11) is 0. The molecule has 2 aromatic carbocycles. The second-order valence-corrected chi connectivity index (χ2v) is 6.36. The molecule has 0 aliphatic heterocycles. The molecule has 0 aliphatic rings. The summed E-state index contributed by atoms with van der Waals surface area (Å²) in [6.07, 6.45) is -4.44. The van der Waals surface area contributed by atoms with Gasteiger partial charge in [0.15, 0.2) is 5.78 Å². The molecule has 0 saturated heterocycles. The zero-order chi connectivity index (χ0) is 15.7. The van der Waals surface area contributed by atoms with Gasteiger partial charge >= 0.3 is 6.18 Å². The highest BCUT2D eigenvalue weighted by atomic mass is 79.9. The summed E-state index contributed by atoms with van der Waals surface area (Å²) in [4.78, 5) is 12.5. The number of ketones is 1. The molecule has 0 N–H and O–H groups in total. The van der Waals surface area contributed by atoms with Crippen molar-refractivity contribution in [2.45, 2.75) is 17.4 Å². The molecule has 2 aromatic rings. The van der Waals surface area contributed by atoms with Gasteiger partial charge in [-0.25, -0.2) is 0 Å². The molecule has 1 unspecified atom stereocenters. The minimum atomic E-state index is -4.44. The minimum Gasteiger partial charge on any atom is -0.292 e. The maximum Gasteiger partial charge on any atom is 0.416 e. The second kappa shape index (κ2) is 5.64. The maximum absolute atomic E-state index is 12.8. The Bertz CT molecular complexity index is 648. The van der Waals surface area contributed by atoms with Crippen molar-refractivity contribution in [2.24, 2.45) is 0 Å². The van der Waals surface area contributed by atoms with Crippen LogP contribution in [-0.4, -0.2) is 5.78 Å². The van der Waals surface area contributed by atoms with E-state index in [1.54, 1.807) is 37.3 Å². The van der Waals surface area contributed by atoms with Crippen molar-refractivity contribution >= 4 is 21.7 Å². The van der Waals surface area contributed by atoms with Crippen molar-refractivity contribution in [2.75, 3.05) is 0 Å². The number of rotatable bonds is 3. The summed E-state index contributed by atoms with van der Waals surface area (Å²) in [5.41, 5.74) is -0.0630. The van der Waals surface area contributed by atoms with Crippen LogP contribution < -0.4 is 0 Å². The third-order valence-corrected chi connectivity index (χ3v) is 4.01. The molecule has 1 nitrogen and oxygen atoms in total. The number of carbonyl (C=O) groups is 1. The first-order chi connectivity index (χ1) is 9.73. The van der Waals surface area contributed by atoms with Crippen molar-refractivity contribution in [1.29, 1.82) is 0 Å². The summed E-state index contributed by atoms with van der Waals surface area (Å²) in [6, 6.07) is 13.2. The molecule has 0 heterocycles. The van der Waals surface area contributed by atoms with Gasteiger partial charge in [0, 0.05) is 5.56 Å². The van der Waals surface area contributed by atoms with Gasteiger partial charge in [-0.1, -0.05) is 58.4 Å². The monoisotopic (exact) mass is 356 g/mol. The Hall–Kier alpha value is -1.62. The first-order valence-corrected chi connectivity index (χ1v) is 6.99. The van der Waals surface area contributed by atoms with E-state index in [9.17, 15) is 18.0 Å². The number of halogens is 4. The third kappa shape index (κ3) is 3.35. The van der Waals surface area contributed by atoms with Gasteiger partial charge in [-0.3, -0.25) is 4.79 Å². The number of benzene rings is 2. The Morgan fingerprint density at radius 1 is 0.952 bits per heavy atom. The molecule has 0 aliphatic carbocycles. The summed E-state index contributed by atoms with van der Waals surface area (Å²) in [5, 5.41) is 0. The first kappa shape index (κ1) is 15.8. The maximum atomic E-state index is 12.8. The highest BCUT2D eigenvalue weighted by molar-refractivity contribution is 9.10. The van der Waals surface area contributed by atoms with Gasteiger partial charge < -0.3 is 0 Å². The second-order valence-electron chi connectivity index (χ2n) is 4.78. The van der Waals surface area contributed by atoms with E-state index >= 15 is 0 Å². The Morgan fingerprint density at radius 3 is 2.10 bits per heavy atom. The molecule has 0 aromatic heterocycles. The van der Waals surface area contributed by atoms with Crippen LogP contribution in [0.15, 0.2) is 54.6 Å². The number of hydrogen-bond donors (Lipinski definition) is 0. The number of hydrogen-bond acceptors (Lipinski definition) is 1. The summed E-state index contributed by atoms with van der Waals surface area (Å²) in [6.45, 7) is 1.55. The predicted octanol–water partition coefficient (Wildman–Crippen LogP) is 5.20. The van der Waals surface area contributed by atoms with Gasteiger partial charge in [-0.2, -0.15) is 13.2 Å². The van der Waals surface area contributed by atoms with Crippen molar-refractivity contribution in [1.82, 2.24) is 0 Å². The number of carbonyl (C=O) groups excluding carboxylic acids is 1. The standard InChI is InChI=1S/C16H12BrF3O/c1-15(17,14(21)11-6-3-2-4-7-11)12-8-5-9-13(10-12)16(18,19)20/h2-10H,1H3. The van der Waals surface area contributed by atoms with Crippen molar-refractivity contribution in [3.05, 3.63) is 71.3 Å². The predicted molar refractivity (Wildman–Crippen MR) is 78.5 cm³/mol. The molecule has 1 atom stereocenters. The van der Waals surface area contributed by atoms with Crippen molar-refractivity contribution in [3.63, 3.8) is 0 Å². The first-order valence-electron chi connectivity index (χ1n) is 6.19. The van der Waals surface area contributed by atoms with Gasteiger partial charge in [0.1, 0.15) is 4.32 Å². The topological polar surface area (TPSA) is 17.1 Å². The lowest BCUT2D eigenvalue weighted by molar-refractivity contribution is -0.137. The van der Waals surface area contributed by atoms with Crippen LogP contribution in [0.1, 0.15) is 28.4 Å². The quantitative estimate of drug-likeness (QED) is 0.545. The van der Waals surface area contributed by atoms with E-state index in [1.807, 2.05) is 0 Å². The van der Waals surface area contributed by atoms with Gasteiger partial charge in [0.05, 0.1) is 5.56 Å². The molecule has 0 fully saturated rings. The lowest BCUT2D eigenvalue weighted by atomic mass is 9.91. The van der Waals surface area contributed by atoms with E-state index in [0.717, 1.165) is 12.1 Å². The highest BCUT2D eigenvalue weighted by Crippen LogP contribution is 2.37. The van der Waals surface area contributed by atoms with E-state index in [1.165, 1.54) is 12.1 Å². The summed E-state index contributed by atoms with van der Waals surface area (Å²) in [5.74, 6) is -0.289. The zero-order valence-corrected chi connectivity index (χ0v) is 12.7. The molecule has 110 valence electrons. The van der Waals surface area contributed by atoms with E-state index in [0.29, 0.717) is 5.56 Å². The Kier molecular flexibility index (Phi) is 4.23. The van der Waals surface area contributed by atoms with Crippen LogP contribution in [0.3, 0.4) is 0 Å². The Labute approximate surface area is 128 Å². The van der Waals surface area contributed by atoms with Gasteiger partial charge in [-0.15, -0.1) is 0 Å². The van der Waals surface area contributed by atoms with Crippen LogP contribution in [-0.2, 0) is 10.5 Å². The molecule has 0 spiro atoms. The lowest BCUT2D eigenvalue weighted by Gasteiger charge is -2.22. The van der Waals surface area contributed by atoms with Crippen LogP contribution >= 0.6 is 15.9 Å². The zero-order valence-electron chi connectivity index (χ0n) is 11.1. The average molecular weight is 357 g/mol. The van der Waals surface area contributed by atoms with E-state index in [4.69, 9.17) is 0 Å². The molecule has 0 saturated carbocycles. The molecule has 21 heavy (non-hydrogen) atoms. The normalized spacial score (nSPS) is 14.5. The van der Waals surface area contributed by atoms with Crippen LogP contribution in [0, 0.1) is 0 Å². The highest BCUT2D eigenvalue weighted by Gasteiger charge is 2.36. The molecular formula is C16H12BrF3O. The molecular weight excluding hydrogens is 345 g/mol. The van der Waals surface area contributed by atoms with Gasteiger partial charge in [0.25, 0.3) is 0 Å². The number of alkyl halides is 4. The lowest BCUT2D eigenvalue weighted by Crippen LogP contribution is -2.26. The van der Waals surface area contributed by atoms with Crippen LogP contribution in [0.25, 0.3) is 0 Å². The van der Waals surface area contributed by atoms with Crippen molar-refractivity contribution < 1.29 is 18.0 Å². The van der Waals surface area contributed by atoms with Crippen molar-refractivity contribution in [3.8, 4) is 0 Å². The van der Waals surface area contributed by atoms with Crippen LogP contribution in [0.4, 0.5) is 13.2 Å².